The summed E-state index contributed by atoms with van der Waals surface area (Å²) in [6.07, 6.45) is 3.98. The number of carbonyl (C=O) groups is 1. The van der Waals surface area contributed by atoms with Crippen LogP contribution in [0, 0.1) is 0 Å². The van der Waals surface area contributed by atoms with Crippen LogP contribution in [-0.2, 0) is 0 Å². The highest BCUT2D eigenvalue weighted by Crippen LogP contribution is 2.32. The van der Waals surface area contributed by atoms with Crippen LogP contribution in [0.5, 0.6) is 0 Å². The molecule has 6 heteroatoms. The maximum Gasteiger partial charge on any atom is 0.261 e. The van der Waals surface area contributed by atoms with Gasteiger partial charge in [0.15, 0.2) is 0 Å². The fraction of sp³-hybridized carbons (Fsp3) is 0.545. The molecule has 0 aromatic carbocycles. The molecule has 0 radical (unpaired) electrons. The minimum absolute atomic E-state index is 0.0156. The van der Waals surface area contributed by atoms with E-state index in [1.165, 1.54) is 11.3 Å². The first-order chi connectivity index (χ1) is 8.06. The van der Waals surface area contributed by atoms with Crippen molar-refractivity contribution < 1.29 is 4.79 Å². The zero-order valence-electron chi connectivity index (χ0n) is 9.21. The highest BCUT2D eigenvalue weighted by atomic mass is 79.9. The van der Waals surface area contributed by atoms with Gasteiger partial charge in [-0.15, -0.1) is 11.3 Å². The molecule has 1 aliphatic carbocycles. The van der Waals surface area contributed by atoms with Crippen LogP contribution in [0.2, 0.25) is 0 Å². The fourth-order valence-corrected chi connectivity index (χ4v) is 3.92. The standard InChI is InChI=1S/C11H14Br2N2OS/c12-8-5-9(17-10(8)13)11(16)15-7-3-1-6(14)2-4-7/h5-7H,1-4,14H2,(H,15,16). The van der Waals surface area contributed by atoms with Crippen LogP contribution in [0.4, 0.5) is 0 Å². The molecule has 0 spiro atoms. The van der Waals surface area contributed by atoms with Gasteiger partial charge in [0.1, 0.15) is 0 Å². The van der Waals surface area contributed by atoms with Crippen molar-refractivity contribution in [3.63, 3.8) is 0 Å². The van der Waals surface area contributed by atoms with Crippen LogP contribution < -0.4 is 11.1 Å². The summed E-state index contributed by atoms with van der Waals surface area (Å²) < 4.78 is 1.88. The molecule has 1 saturated carbocycles. The predicted octanol–water partition coefficient (Wildman–Crippen LogP) is 3.27. The van der Waals surface area contributed by atoms with Crippen molar-refractivity contribution in [3.05, 3.63) is 19.2 Å². The number of carbonyl (C=O) groups excluding carboxylic acids is 1. The van der Waals surface area contributed by atoms with Gasteiger partial charge in [0.25, 0.3) is 5.91 Å². The summed E-state index contributed by atoms with van der Waals surface area (Å²) in [6, 6.07) is 2.44. The molecule has 0 aliphatic heterocycles. The molecule has 2 rings (SSSR count). The van der Waals surface area contributed by atoms with E-state index in [1.54, 1.807) is 0 Å². The lowest BCUT2D eigenvalue weighted by atomic mass is 9.92. The number of hydrogen-bond donors (Lipinski definition) is 2. The molecule has 1 heterocycles. The van der Waals surface area contributed by atoms with Crippen LogP contribution >= 0.6 is 43.2 Å². The van der Waals surface area contributed by atoms with Gasteiger partial charge in [-0.3, -0.25) is 4.79 Å². The van der Waals surface area contributed by atoms with Gasteiger partial charge in [-0.05, 0) is 63.6 Å². The van der Waals surface area contributed by atoms with Crippen LogP contribution in [-0.4, -0.2) is 18.0 Å². The lowest BCUT2D eigenvalue weighted by Gasteiger charge is -2.26. The van der Waals surface area contributed by atoms with Gasteiger partial charge in [0.05, 0.1) is 8.66 Å². The molecule has 1 aromatic rings. The summed E-state index contributed by atoms with van der Waals surface area (Å²) in [5.74, 6) is 0.0156. The Kier molecular flexibility index (Phi) is 4.63. The zero-order chi connectivity index (χ0) is 12.4. The van der Waals surface area contributed by atoms with Crippen LogP contribution in [0.3, 0.4) is 0 Å². The van der Waals surface area contributed by atoms with E-state index in [0.29, 0.717) is 6.04 Å². The first kappa shape index (κ1) is 13.5. The van der Waals surface area contributed by atoms with Crippen molar-refractivity contribution in [1.29, 1.82) is 0 Å². The average Bonchev–Trinajstić information content (AvgIpc) is 2.63. The van der Waals surface area contributed by atoms with Gasteiger partial charge in [-0.25, -0.2) is 0 Å². The Bertz CT molecular complexity index is 394. The third-order valence-corrected chi connectivity index (χ3v) is 6.23. The maximum absolute atomic E-state index is 12.0. The quantitative estimate of drug-likeness (QED) is 0.825. The van der Waals surface area contributed by atoms with E-state index in [0.717, 1.165) is 38.8 Å². The topological polar surface area (TPSA) is 55.1 Å². The van der Waals surface area contributed by atoms with Crippen molar-refractivity contribution in [1.82, 2.24) is 5.32 Å². The summed E-state index contributed by atoms with van der Waals surface area (Å²) in [4.78, 5) is 12.7. The molecule has 1 aromatic heterocycles. The summed E-state index contributed by atoms with van der Waals surface area (Å²) in [5.41, 5.74) is 5.84. The molecule has 1 amide bonds. The lowest BCUT2D eigenvalue weighted by molar-refractivity contribution is 0.0930. The number of nitrogens with two attached hydrogens (primary N) is 1. The van der Waals surface area contributed by atoms with Crippen molar-refractivity contribution >= 4 is 49.1 Å². The highest BCUT2D eigenvalue weighted by Gasteiger charge is 2.21. The molecule has 0 bridgehead atoms. The molecule has 0 saturated heterocycles. The SMILES string of the molecule is NC1CCC(NC(=O)c2cc(Br)c(Br)s2)CC1. The van der Waals surface area contributed by atoms with Gasteiger partial charge in [0.2, 0.25) is 0 Å². The zero-order valence-corrected chi connectivity index (χ0v) is 13.2. The smallest absolute Gasteiger partial charge is 0.261 e. The summed E-state index contributed by atoms with van der Waals surface area (Å²) >= 11 is 8.22. The Balaban J connectivity index is 1.93. The van der Waals surface area contributed by atoms with Gasteiger partial charge >= 0.3 is 0 Å². The Morgan fingerprint density at radius 2 is 2.00 bits per heavy atom. The number of nitrogens with one attached hydrogen (secondary N) is 1. The number of amides is 1. The van der Waals surface area contributed by atoms with Gasteiger partial charge in [-0.2, -0.15) is 0 Å². The Morgan fingerprint density at radius 1 is 1.35 bits per heavy atom. The second-order valence-corrected chi connectivity index (χ2v) is 7.54. The largest absolute Gasteiger partial charge is 0.349 e. The van der Waals surface area contributed by atoms with E-state index in [2.05, 4.69) is 37.2 Å². The highest BCUT2D eigenvalue weighted by molar-refractivity contribution is 9.13. The molecular formula is C11H14Br2N2OS. The first-order valence-corrected chi connectivity index (χ1v) is 7.98. The molecule has 0 unspecified atom stereocenters. The maximum atomic E-state index is 12.0. The summed E-state index contributed by atoms with van der Waals surface area (Å²) in [6.45, 7) is 0. The third-order valence-electron chi connectivity index (χ3n) is 2.98. The van der Waals surface area contributed by atoms with E-state index in [1.807, 2.05) is 6.07 Å². The van der Waals surface area contributed by atoms with Gasteiger partial charge in [0, 0.05) is 16.6 Å². The van der Waals surface area contributed by atoms with Crippen LogP contribution in [0.15, 0.2) is 14.3 Å². The normalized spacial score (nSPS) is 24.6. The van der Waals surface area contributed by atoms with E-state index >= 15 is 0 Å². The fourth-order valence-electron chi connectivity index (χ4n) is 1.98. The summed E-state index contributed by atoms with van der Waals surface area (Å²) in [5, 5.41) is 3.07. The Labute approximate surface area is 121 Å². The van der Waals surface area contributed by atoms with Crippen molar-refractivity contribution in [2.45, 2.75) is 37.8 Å². The second kappa shape index (κ2) is 5.82. The monoisotopic (exact) mass is 380 g/mol. The van der Waals surface area contributed by atoms with E-state index in [4.69, 9.17) is 5.73 Å². The van der Waals surface area contributed by atoms with Crippen molar-refractivity contribution in [2.75, 3.05) is 0 Å². The second-order valence-electron chi connectivity index (χ2n) is 4.32. The Morgan fingerprint density at radius 3 is 2.53 bits per heavy atom. The van der Waals surface area contributed by atoms with Crippen molar-refractivity contribution in [3.8, 4) is 0 Å². The molecule has 17 heavy (non-hydrogen) atoms. The molecule has 1 aliphatic rings. The first-order valence-electron chi connectivity index (χ1n) is 5.57. The van der Waals surface area contributed by atoms with E-state index < -0.39 is 0 Å². The molecule has 1 fully saturated rings. The lowest BCUT2D eigenvalue weighted by Crippen LogP contribution is -2.40. The number of thiophene rings is 1. The number of halogens is 2. The number of hydrogen-bond acceptors (Lipinski definition) is 3. The van der Waals surface area contributed by atoms with Crippen molar-refractivity contribution in [2.24, 2.45) is 5.73 Å². The summed E-state index contributed by atoms with van der Waals surface area (Å²) in [7, 11) is 0. The molecule has 94 valence electrons. The van der Waals surface area contributed by atoms with Crippen LogP contribution in [0.25, 0.3) is 0 Å². The molecule has 3 nitrogen and oxygen atoms in total. The van der Waals surface area contributed by atoms with E-state index in [-0.39, 0.29) is 11.9 Å². The third kappa shape index (κ3) is 3.53. The van der Waals surface area contributed by atoms with Gasteiger partial charge in [-0.1, -0.05) is 0 Å². The number of rotatable bonds is 2. The molecule has 3 N–H and O–H groups in total. The minimum Gasteiger partial charge on any atom is -0.349 e. The Hall–Kier alpha value is 0.0900. The van der Waals surface area contributed by atoms with Crippen LogP contribution in [0.1, 0.15) is 35.4 Å². The molecule has 0 atom stereocenters. The predicted molar refractivity (Wildman–Crippen MR) is 77.4 cm³/mol. The van der Waals surface area contributed by atoms with Gasteiger partial charge < -0.3 is 11.1 Å². The minimum atomic E-state index is 0.0156. The van der Waals surface area contributed by atoms with E-state index in [9.17, 15) is 4.79 Å². The molecular weight excluding hydrogens is 368 g/mol. The average molecular weight is 382 g/mol.